The summed E-state index contributed by atoms with van der Waals surface area (Å²) in [5.41, 5.74) is 3.96. The summed E-state index contributed by atoms with van der Waals surface area (Å²) in [5, 5.41) is 0.720. The summed E-state index contributed by atoms with van der Waals surface area (Å²) in [6.45, 7) is 0. The molecule has 1 saturated carbocycles. The Hall–Kier alpha value is -0.770. The summed E-state index contributed by atoms with van der Waals surface area (Å²) < 4.78 is 5.39. The predicted octanol–water partition coefficient (Wildman–Crippen LogP) is 3.43. The fourth-order valence-electron chi connectivity index (χ4n) is 2.84. The average Bonchev–Trinajstić information content (AvgIpc) is 2.88. The van der Waals surface area contributed by atoms with Crippen LogP contribution in [0.3, 0.4) is 0 Å². The largest absolute Gasteiger partial charge is 0.496 e. The Balaban J connectivity index is 2.17. The van der Waals surface area contributed by atoms with E-state index >= 15 is 0 Å². The summed E-state index contributed by atoms with van der Waals surface area (Å²) in [5.74, 6) is 7.31. The molecule has 18 heavy (non-hydrogen) atoms. The van der Waals surface area contributed by atoms with Gasteiger partial charge in [-0.1, -0.05) is 37.3 Å². The lowest BCUT2D eigenvalue weighted by Crippen LogP contribution is -2.29. The maximum absolute atomic E-state index is 6.07. The molecule has 100 valence electrons. The van der Waals surface area contributed by atoms with Crippen molar-refractivity contribution in [3.05, 3.63) is 28.8 Å². The average molecular weight is 269 g/mol. The van der Waals surface area contributed by atoms with Crippen LogP contribution in [0.4, 0.5) is 0 Å². The molecule has 2 rings (SSSR count). The minimum atomic E-state index is 0.113. The Kier molecular flexibility index (Phi) is 4.87. The molecule has 0 bridgehead atoms. The molecule has 1 aliphatic carbocycles. The molecular formula is C14H21ClN2O. The quantitative estimate of drug-likeness (QED) is 0.635. The van der Waals surface area contributed by atoms with Crippen LogP contribution >= 0.6 is 11.6 Å². The van der Waals surface area contributed by atoms with E-state index in [-0.39, 0.29) is 6.04 Å². The van der Waals surface area contributed by atoms with E-state index in [1.807, 2.05) is 18.2 Å². The van der Waals surface area contributed by atoms with Gasteiger partial charge in [-0.15, -0.1) is 0 Å². The van der Waals surface area contributed by atoms with Crippen LogP contribution in [0.5, 0.6) is 5.75 Å². The Morgan fingerprint density at radius 1 is 1.44 bits per heavy atom. The van der Waals surface area contributed by atoms with Crippen LogP contribution in [0.1, 0.15) is 43.7 Å². The zero-order valence-corrected chi connectivity index (χ0v) is 11.5. The van der Waals surface area contributed by atoms with Crippen molar-refractivity contribution in [1.29, 1.82) is 0 Å². The number of rotatable bonds is 5. The Morgan fingerprint density at radius 2 is 2.17 bits per heavy atom. The van der Waals surface area contributed by atoms with Gasteiger partial charge in [-0.3, -0.25) is 11.3 Å². The smallest absolute Gasteiger partial charge is 0.123 e. The predicted molar refractivity (Wildman–Crippen MR) is 74.6 cm³/mol. The molecule has 1 aromatic rings. The molecule has 0 aromatic heterocycles. The van der Waals surface area contributed by atoms with E-state index < -0.39 is 0 Å². The summed E-state index contributed by atoms with van der Waals surface area (Å²) in [4.78, 5) is 0. The van der Waals surface area contributed by atoms with E-state index in [2.05, 4.69) is 5.43 Å². The summed E-state index contributed by atoms with van der Waals surface area (Å²) >= 11 is 6.07. The maximum Gasteiger partial charge on any atom is 0.123 e. The highest BCUT2D eigenvalue weighted by Gasteiger charge is 2.22. The molecule has 1 fully saturated rings. The molecule has 0 spiro atoms. The lowest BCUT2D eigenvalue weighted by atomic mass is 9.93. The number of halogens is 1. The Bertz CT molecular complexity index is 391. The van der Waals surface area contributed by atoms with Gasteiger partial charge in [-0.25, -0.2) is 0 Å². The van der Waals surface area contributed by atoms with Crippen molar-refractivity contribution in [1.82, 2.24) is 5.43 Å². The van der Waals surface area contributed by atoms with Crippen LogP contribution in [-0.2, 0) is 0 Å². The number of benzene rings is 1. The molecular weight excluding hydrogens is 248 g/mol. The first-order chi connectivity index (χ1) is 8.74. The number of nitrogens with two attached hydrogens (primary N) is 1. The van der Waals surface area contributed by atoms with Gasteiger partial charge >= 0.3 is 0 Å². The molecule has 3 N–H and O–H groups in total. The fraction of sp³-hybridized carbons (Fsp3) is 0.571. The van der Waals surface area contributed by atoms with E-state index in [1.165, 1.54) is 25.7 Å². The molecule has 0 aliphatic heterocycles. The first-order valence-electron chi connectivity index (χ1n) is 6.54. The van der Waals surface area contributed by atoms with E-state index in [4.69, 9.17) is 22.2 Å². The van der Waals surface area contributed by atoms with Crippen molar-refractivity contribution in [3.8, 4) is 5.75 Å². The molecule has 1 unspecified atom stereocenters. The van der Waals surface area contributed by atoms with Crippen molar-refractivity contribution < 1.29 is 4.74 Å². The third-order valence-electron chi connectivity index (χ3n) is 3.81. The molecule has 1 atom stereocenters. The van der Waals surface area contributed by atoms with Gasteiger partial charge in [0.1, 0.15) is 5.75 Å². The number of hydrazine groups is 1. The number of hydrogen-bond donors (Lipinski definition) is 2. The highest BCUT2D eigenvalue weighted by Crippen LogP contribution is 2.36. The van der Waals surface area contributed by atoms with E-state index in [0.29, 0.717) is 0 Å². The second-order valence-corrected chi connectivity index (χ2v) is 5.43. The summed E-state index contributed by atoms with van der Waals surface area (Å²) in [6.07, 6.45) is 6.35. The van der Waals surface area contributed by atoms with Crippen LogP contribution in [0.25, 0.3) is 0 Å². The normalized spacial score (nSPS) is 17.9. The Morgan fingerprint density at radius 3 is 2.78 bits per heavy atom. The van der Waals surface area contributed by atoms with Crippen LogP contribution in [0.15, 0.2) is 18.2 Å². The molecule has 0 heterocycles. The first kappa shape index (κ1) is 13.7. The second-order valence-electron chi connectivity index (χ2n) is 4.99. The monoisotopic (exact) mass is 268 g/mol. The van der Waals surface area contributed by atoms with Gasteiger partial charge in [0.15, 0.2) is 0 Å². The van der Waals surface area contributed by atoms with Crippen molar-refractivity contribution >= 4 is 11.6 Å². The molecule has 0 radical (unpaired) electrons. The van der Waals surface area contributed by atoms with Crippen LogP contribution in [0, 0.1) is 5.92 Å². The topological polar surface area (TPSA) is 47.3 Å². The van der Waals surface area contributed by atoms with Gasteiger partial charge < -0.3 is 4.74 Å². The van der Waals surface area contributed by atoms with Crippen molar-refractivity contribution in [2.24, 2.45) is 11.8 Å². The third-order valence-corrected chi connectivity index (χ3v) is 4.05. The van der Waals surface area contributed by atoms with Gasteiger partial charge in [-0.2, -0.15) is 0 Å². The highest BCUT2D eigenvalue weighted by atomic mass is 35.5. The van der Waals surface area contributed by atoms with Crippen LogP contribution in [0.2, 0.25) is 5.02 Å². The van der Waals surface area contributed by atoms with Gasteiger partial charge in [0.2, 0.25) is 0 Å². The van der Waals surface area contributed by atoms with Gasteiger partial charge in [-0.05, 0) is 30.5 Å². The number of ether oxygens (including phenoxy) is 1. The number of hydrogen-bond acceptors (Lipinski definition) is 3. The SMILES string of the molecule is COc1ccc(Cl)cc1C(CC1CCCC1)NN. The van der Waals surface area contributed by atoms with Gasteiger partial charge in [0.05, 0.1) is 7.11 Å². The zero-order chi connectivity index (χ0) is 13.0. The van der Waals surface area contributed by atoms with Gasteiger partial charge in [0.25, 0.3) is 0 Å². The van der Waals surface area contributed by atoms with Crippen LogP contribution < -0.4 is 16.0 Å². The van der Waals surface area contributed by atoms with E-state index in [1.54, 1.807) is 7.11 Å². The number of nitrogens with one attached hydrogen (secondary N) is 1. The highest BCUT2D eigenvalue weighted by molar-refractivity contribution is 6.30. The standard InChI is InChI=1S/C14H21ClN2O/c1-18-14-7-6-11(15)9-12(14)13(17-16)8-10-4-2-3-5-10/h6-7,9-10,13,17H,2-5,8,16H2,1H3. The summed E-state index contributed by atoms with van der Waals surface area (Å²) in [6, 6.07) is 5.80. The van der Waals surface area contributed by atoms with Crippen molar-refractivity contribution in [3.63, 3.8) is 0 Å². The van der Waals surface area contributed by atoms with Gasteiger partial charge in [0, 0.05) is 16.6 Å². The van der Waals surface area contributed by atoms with Crippen molar-refractivity contribution in [2.75, 3.05) is 7.11 Å². The van der Waals surface area contributed by atoms with Crippen LogP contribution in [-0.4, -0.2) is 7.11 Å². The fourth-order valence-corrected chi connectivity index (χ4v) is 3.02. The minimum absolute atomic E-state index is 0.113. The second kappa shape index (κ2) is 6.41. The zero-order valence-electron chi connectivity index (χ0n) is 10.8. The lowest BCUT2D eigenvalue weighted by molar-refractivity contribution is 0.370. The van der Waals surface area contributed by atoms with E-state index in [9.17, 15) is 0 Å². The lowest BCUT2D eigenvalue weighted by Gasteiger charge is -2.22. The molecule has 0 amide bonds. The molecule has 4 heteroatoms. The minimum Gasteiger partial charge on any atom is -0.496 e. The third kappa shape index (κ3) is 3.16. The molecule has 1 aliphatic rings. The summed E-state index contributed by atoms with van der Waals surface area (Å²) in [7, 11) is 1.68. The van der Waals surface area contributed by atoms with Crippen molar-refractivity contribution in [2.45, 2.75) is 38.1 Å². The Labute approximate surface area is 114 Å². The van der Waals surface area contributed by atoms with E-state index in [0.717, 1.165) is 28.7 Å². The number of methoxy groups -OCH3 is 1. The maximum atomic E-state index is 6.07. The molecule has 0 saturated heterocycles. The molecule has 1 aromatic carbocycles. The molecule has 3 nitrogen and oxygen atoms in total. The first-order valence-corrected chi connectivity index (χ1v) is 6.92.